The molecule has 1 aromatic rings. The second-order valence-electron chi connectivity index (χ2n) is 4.42. The maximum atomic E-state index is 11.9. The second kappa shape index (κ2) is 4.29. The minimum absolute atomic E-state index is 0.00643. The summed E-state index contributed by atoms with van der Waals surface area (Å²) in [5.74, 6) is -0.135. The molecule has 3 N–H and O–H groups in total. The van der Waals surface area contributed by atoms with Crippen LogP contribution < -0.4 is 10.7 Å². The fraction of sp³-hybridized carbons (Fsp3) is 0.583. The zero-order valence-corrected chi connectivity index (χ0v) is 9.71. The number of aromatic amines is 1. The highest BCUT2D eigenvalue weighted by Gasteiger charge is 2.24. The van der Waals surface area contributed by atoms with Crippen molar-refractivity contribution in [1.29, 1.82) is 0 Å². The maximum absolute atomic E-state index is 11.9. The van der Waals surface area contributed by atoms with E-state index >= 15 is 0 Å². The van der Waals surface area contributed by atoms with Gasteiger partial charge in [0.25, 0.3) is 0 Å². The zero-order chi connectivity index (χ0) is 11.7. The first-order chi connectivity index (χ1) is 7.63. The number of nitrogens with one attached hydrogen (secondary N) is 2. The maximum Gasteiger partial charge on any atom is 0.228 e. The van der Waals surface area contributed by atoms with Crippen LogP contribution in [0.15, 0.2) is 11.0 Å². The predicted molar refractivity (Wildman–Crippen MR) is 62.7 cm³/mol. The minimum atomic E-state index is -0.253. The summed E-state index contributed by atoms with van der Waals surface area (Å²) in [6.07, 6.45) is 4.70. The summed E-state index contributed by atoms with van der Waals surface area (Å²) in [5.41, 5.74) is 0.963. The fourth-order valence-corrected chi connectivity index (χ4v) is 1.86. The molecule has 88 valence electrons. The van der Waals surface area contributed by atoms with Crippen molar-refractivity contribution in [2.45, 2.75) is 45.2 Å². The highest BCUT2D eigenvalue weighted by molar-refractivity contribution is 5.31. The smallest absolute Gasteiger partial charge is 0.228 e. The van der Waals surface area contributed by atoms with Gasteiger partial charge in [0, 0.05) is 23.8 Å². The van der Waals surface area contributed by atoms with E-state index in [0.29, 0.717) is 23.7 Å². The third kappa shape index (κ3) is 2.11. The van der Waals surface area contributed by atoms with E-state index in [1.165, 1.54) is 12.8 Å². The van der Waals surface area contributed by atoms with Crippen LogP contribution in [0.1, 0.15) is 44.0 Å². The van der Waals surface area contributed by atoms with Gasteiger partial charge in [0.1, 0.15) is 0 Å². The number of aryl methyl sites for hydroxylation is 1. The van der Waals surface area contributed by atoms with Gasteiger partial charge in [0.05, 0.1) is 5.69 Å². The molecule has 16 heavy (non-hydrogen) atoms. The van der Waals surface area contributed by atoms with E-state index in [1.54, 1.807) is 6.20 Å². The Morgan fingerprint density at radius 3 is 2.88 bits per heavy atom. The van der Waals surface area contributed by atoms with Crippen LogP contribution in [0.3, 0.4) is 0 Å². The summed E-state index contributed by atoms with van der Waals surface area (Å²) in [5, 5.41) is 13.1. The normalized spacial score (nSPS) is 17.4. The summed E-state index contributed by atoms with van der Waals surface area (Å²) in [6.45, 7) is 3.85. The summed E-state index contributed by atoms with van der Waals surface area (Å²) < 4.78 is 0. The lowest BCUT2D eigenvalue weighted by Gasteiger charge is -2.13. The molecule has 0 radical (unpaired) electrons. The number of aromatic nitrogens is 1. The van der Waals surface area contributed by atoms with E-state index in [0.717, 1.165) is 0 Å². The second-order valence-corrected chi connectivity index (χ2v) is 4.42. The fourth-order valence-electron chi connectivity index (χ4n) is 1.86. The predicted octanol–water partition coefficient (Wildman–Crippen LogP) is 1.46. The molecular weight excluding hydrogens is 204 g/mol. The molecule has 1 aliphatic rings. The molecule has 1 saturated carbocycles. The van der Waals surface area contributed by atoms with Gasteiger partial charge in [-0.1, -0.05) is 6.92 Å². The molecule has 0 bridgehead atoms. The number of rotatable bonds is 4. The summed E-state index contributed by atoms with van der Waals surface area (Å²) in [4.78, 5) is 14.9. The monoisotopic (exact) mass is 222 g/mol. The van der Waals surface area contributed by atoms with Crippen LogP contribution in [-0.2, 0) is 6.42 Å². The Morgan fingerprint density at radius 2 is 2.31 bits per heavy atom. The van der Waals surface area contributed by atoms with Crippen LogP contribution in [0, 0.1) is 0 Å². The first-order valence-corrected chi connectivity index (χ1v) is 5.83. The Balaban J connectivity index is 2.26. The molecule has 1 fully saturated rings. The third-order valence-corrected chi connectivity index (χ3v) is 3.05. The Bertz CT molecular complexity index is 435. The van der Waals surface area contributed by atoms with Gasteiger partial charge in [-0.25, -0.2) is 0 Å². The highest BCUT2D eigenvalue weighted by Crippen LogP contribution is 2.23. The van der Waals surface area contributed by atoms with Crippen LogP contribution in [0.2, 0.25) is 0 Å². The van der Waals surface area contributed by atoms with Crippen LogP contribution in [0.25, 0.3) is 0 Å². The lowest BCUT2D eigenvalue weighted by atomic mass is 10.1. The molecule has 1 aliphatic carbocycles. The van der Waals surface area contributed by atoms with Gasteiger partial charge in [-0.3, -0.25) is 4.79 Å². The zero-order valence-electron chi connectivity index (χ0n) is 9.71. The van der Waals surface area contributed by atoms with Gasteiger partial charge in [0.15, 0.2) is 5.75 Å². The molecule has 2 rings (SSSR count). The summed E-state index contributed by atoms with van der Waals surface area (Å²) >= 11 is 0. The van der Waals surface area contributed by atoms with Crippen molar-refractivity contribution >= 4 is 0 Å². The molecular formula is C12H18N2O2. The van der Waals surface area contributed by atoms with Crippen LogP contribution >= 0.6 is 0 Å². The average molecular weight is 222 g/mol. The van der Waals surface area contributed by atoms with E-state index in [1.807, 2.05) is 13.8 Å². The molecule has 4 heteroatoms. The van der Waals surface area contributed by atoms with Crippen molar-refractivity contribution in [3.05, 3.63) is 27.7 Å². The van der Waals surface area contributed by atoms with E-state index < -0.39 is 0 Å². The molecule has 1 unspecified atom stereocenters. The molecule has 0 aliphatic heterocycles. The Hall–Kier alpha value is -1.29. The highest BCUT2D eigenvalue weighted by atomic mass is 16.3. The molecule has 0 saturated heterocycles. The molecule has 4 nitrogen and oxygen atoms in total. The van der Waals surface area contributed by atoms with E-state index in [9.17, 15) is 9.90 Å². The first kappa shape index (κ1) is 11.2. The van der Waals surface area contributed by atoms with Crippen molar-refractivity contribution in [2.75, 3.05) is 0 Å². The summed E-state index contributed by atoms with van der Waals surface area (Å²) in [7, 11) is 0. The molecule has 0 aromatic carbocycles. The Kier molecular flexibility index (Phi) is 3.01. The van der Waals surface area contributed by atoms with Gasteiger partial charge in [-0.2, -0.15) is 0 Å². The van der Waals surface area contributed by atoms with Gasteiger partial charge in [-0.15, -0.1) is 0 Å². The van der Waals surface area contributed by atoms with Gasteiger partial charge >= 0.3 is 0 Å². The van der Waals surface area contributed by atoms with Gasteiger partial charge in [-0.05, 0) is 26.2 Å². The van der Waals surface area contributed by atoms with Crippen LogP contribution in [-0.4, -0.2) is 16.1 Å². The molecule has 1 atom stereocenters. The summed E-state index contributed by atoms with van der Waals surface area (Å²) in [6, 6.07) is 0.537. The van der Waals surface area contributed by atoms with Crippen molar-refractivity contribution in [1.82, 2.24) is 10.3 Å². The van der Waals surface area contributed by atoms with Gasteiger partial charge < -0.3 is 15.4 Å². The first-order valence-electron chi connectivity index (χ1n) is 5.83. The lowest BCUT2D eigenvalue weighted by molar-refractivity contribution is 0.454. The van der Waals surface area contributed by atoms with E-state index in [-0.39, 0.29) is 17.2 Å². The van der Waals surface area contributed by atoms with E-state index in [4.69, 9.17) is 0 Å². The number of pyridine rings is 1. The largest absolute Gasteiger partial charge is 0.503 e. The topological polar surface area (TPSA) is 65.1 Å². The quantitative estimate of drug-likeness (QED) is 0.722. The molecule has 1 aromatic heterocycles. The van der Waals surface area contributed by atoms with Gasteiger partial charge in [0.2, 0.25) is 5.43 Å². The molecule has 1 heterocycles. The Labute approximate surface area is 94.7 Å². The molecule has 0 amide bonds. The van der Waals surface area contributed by atoms with Crippen molar-refractivity contribution in [2.24, 2.45) is 0 Å². The number of hydrogen-bond donors (Lipinski definition) is 3. The number of hydrogen-bond acceptors (Lipinski definition) is 3. The van der Waals surface area contributed by atoms with Crippen molar-refractivity contribution < 1.29 is 5.11 Å². The SMILES string of the molecule is CCc1[nH]cc(C(C)NC2CC2)c(=O)c1O. The van der Waals surface area contributed by atoms with Crippen LogP contribution in [0.5, 0.6) is 5.75 Å². The Morgan fingerprint density at radius 1 is 1.62 bits per heavy atom. The van der Waals surface area contributed by atoms with Crippen molar-refractivity contribution in [3.8, 4) is 5.75 Å². The van der Waals surface area contributed by atoms with E-state index in [2.05, 4.69) is 10.3 Å². The average Bonchev–Trinajstić information content (AvgIpc) is 3.05. The van der Waals surface area contributed by atoms with Crippen molar-refractivity contribution in [3.63, 3.8) is 0 Å². The standard InChI is InChI=1S/C12H18N2O2/c1-3-10-12(16)11(15)9(6-13-10)7(2)14-8-4-5-8/h6-8,14,16H,3-5H2,1-2H3,(H,13,15). The molecule has 0 spiro atoms. The lowest BCUT2D eigenvalue weighted by Crippen LogP contribution is -2.26. The van der Waals surface area contributed by atoms with Crippen LogP contribution in [0.4, 0.5) is 0 Å². The number of aromatic hydroxyl groups is 1. The number of H-pyrrole nitrogens is 1. The third-order valence-electron chi connectivity index (χ3n) is 3.05. The minimum Gasteiger partial charge on any atom is -0.503 e.